The van der Waals surface area contributed by atoms with E-state index in [0.29, 0.717) is 0 Å². The molecule has 0 saturated carbocycles. The molecule has 0 fully saturated rings. The van der Waals surface area contributed by atoms with E-state index < -0.39 is 0 Å². The van der Waals surface area contributed by atoms with Crippen molar-refractivity contribution in [1.82, 2.24) is 15.0 Å². The third-order valence-corrected chi connectivity index (χ3v) is 5.11. The number of aromatic nitrogens is 3. The molecule has 3 nitrogen and oxygen atoms in total. The molecular formula is C19H11N3S. The average molecular weight is 313 g/mol. The number of rotatable bonds is 1. The first-order chi connectivity index (χ1) is 11.4. The van der Waals surface area contributed by atoms with Gasteiger partial charge in [0.2, 0.25) is 0 Å². The van der Waals surface area contributed by atoms with Crippen LogP contribution in [0, 0.1) is 0 Å². The van der Waals surface area contributed by atoms with Gasteiger partial charge in [0.1, 0.15) is 0 Å². The molecule has 0 unspecified atom stereocenters. The van der Waals surface area contributed by atoms with Crippen molar-refractivity contribution in [3.05, 3.63) is 67.1 Å². The van der Waals surface area contributed by atoms with Gasteiger partial charge in [0.15, 0.2) is 0 Å². The normalized spacial score (nSPS) is 11.5. The van der Waals surface area contributed by atoms with Gasteiger partial charge in [-0.3, -0.25) is 15.0 Å². The van der Waals surface area contributed by atoms with Crippen molar-refractivity contribution in [3.63, 3.8) is 0 Å². The molecule has 0 aliphatic heterocycles. The Bertz CT molecular complexity index is 1180. The van der Waals surface area contributed by atoms with Crippen LogP contribution < -0.4 is 0 Å². The second kappa shape index (κ2) is 4.83. The lowest BCUT2D eigenvalue weighted by molar-refractivity contribution is 1.28. The van der Waals surface area contributed by atoms with Gasteiger partial charge in [0.05, 0.1) is 21.6 Å². The molecule has 0 N–H and O–H groups in total. The molecule has 4 heteroatoms. The molecule has 0 amide bonds. The predicted octanol–water partition coefficient (Wildman–Crippen LogP) is 5.06. The summed E-state index contributed by atoms with van der Waals surface area (Å²) in [5.41, 5.74) is 2.82. The van der Waals surface area contributed by atoms with Crippen LogP contribution in [-0.2, 0) is 0 Å². The fourth-order valence-electron chi connectivity index (χ4n) is 2.86. The Hall–Kier alpha value is -2.85. The molecular weight excluding hydrogens is 302 g/mol. The van der Waals surface area contributed by atoms with Crippen molar-refractivity contribution in [2.75, 3.05) is 0 Å². The molecule has 4 heterocycles. The lowest BCUT2D eigenvalue weighted by atomic mass is 10.1. The van der Waals surface area contributed by atoms with Crippen LogP contribution in [0.25, 0.3) is 42.5 Å². The van der Waals surface area contributed by atoms with Gasteiger partial charge in [0, 0.05) is 34.1 Å². The summed E-state index contributed by atoms with van der Waals surface area (Å²) >= 11 is 1.74. The molecule has 108 valence electrons. The van der Waals surface area contributed by atoms with E-state index in [2.05, 4.69) is 45.3 Å². The van der Waals surface area contributed by atoms with E-state index in [0.717, 1.165) is 27.7 Å². The van der Waals surface area contributed by atoms with Gasteiger partial charge in [0.25, 0.3) is 0 Å². The fourth-order valence-corrected chi connectivity index (χ4v) is 3.93. The SMILES string of the molecule is c1ccc2cc(-c3cc4sc5cccnc5c4cn3)ncc2c1. The smallest absolute Gasteiger partial charge is 0.0903 e. The van der Waals surface area contributed by atoms with Crippen molar-refractivity contribution in [1.29, 1.82) is 0 Å². The van der Waals surface area contributed by atoms with Crippen LogP contribution in [0.4, 0.5) is 0 Å². The summed E-state index contributed by atoms with van der Waals surface area (Å²) < 4.78 is 2.38. The zero-order valence-corrected chi connectivity index (χ0v) is 12.9. The monoisotopic (exact) mass is 313 g/mol. The van der Waals surface area contributed by atoms with Gasteiger partial charge in [-0.2, -0.15) is 0 Å². The molecule has 0 spiro atoms. The van der Waals surface area contributed by atoms with Gasteiger partial charge in [-0.15, -0.1) is 11.3 Å². The standard InChI is InChI=1S/C19H11N3S/c1-2-5-13-10-21-15(8-12(13)4-1)16-9-18-14(11-22-16)19-17(23-18)6-3-7-20-19/h1-11H. The highest BCUT2D eigenvalue weighted by Crippen LogP contribution is 2.33. The van der Waals surface area contributed by atoms with Crippen LogP contribution in [0.2, 0.25) is 0 Å². The minimum Gasteiger partial charge on any atom is -0.255 e. The zero-order chi connectivity index (χ0) is 15.2. The van der Waals surface area contributed by atoms with Crippen LogP contribution in [0.5, 0.6) is 0 Å². The van der Waals surface area contributed by atoms with Crippen molar-refractivity contribution in [2.45, 2.75) is 0 Å². The van der Waals surface area contributed by atoms with Gasteiger partial charge >= 0.3 is 0 Å². The maximum absolute atomic E-state index is 4.61. The first-order valence-electron chi connectivity index (χ1n) is 7.37. The summed E-state index contributed by atoms with van der Waals surface area (Å²) in [7, 11) is 0. The average Bonchev–Trinajstić information content (AvgIpc) is 2.99. The minimum atomic E-state index is 0.898. The summed E-state index contributed by atoms with van der Waals surface area (Å²) in [6, 6.07) is 16.5. The molecule has 0 bridgehead atoms. The summed E-state index contributed by atoms with van der Waals surface area (Å²) in [5, 5.41) is 3.43. The van der Waals surface area contributed by atoms with E-state index in [9.17, 15) is 0 Å². The second-order valence-corrected chi connectivity index (χ2v) is 6.52. The molecule has 23 heavy (non-hydrogen) atoms. The molecule has 0 atom stereocenters. The number of nitrogens with zero attached hydrogens (tertiary/aromatic N) is 3. The Kier molecular flexibility index (Phi) is 2.66. The summed E-state index contributed by atoms with van der Waals surface area (Å²) in [4.78, 5) is 13.6. The Balaban J connectivity index is 1.73. The van der Waals surface area contributed by atoms with Gasteiger partial charge in [-0.1, -0.05) is 24.3 Å². The van der Waals surface area contributed by atoms with Crippen LogP contribution >= 0.6 is 11.3 Å². The lowest BCUT2D eigenvalue weighted by Crippen LogP contribution is -1.87. The Morgan fingerprint density at radius 3 is 2.48 bits per heavy atom. The first kappa shape index (κ1) is 12.7. The van der Waals surface area contributed by atoms with Crippen LogP contribution in [0.3, 0.4) is 0 Å². The van der Waals surface area contributed by atoms with Crippen molar-refractivity contribution in [2.24, 2.45) is 0 Å². The molecule has 0 aliphatic rings. The predicted molar refractivity (Wildman–Crippen MR) is 95.7 cm³/mol. The summed E-state index contributed by atoms with van der Waals surface area (Å²) in [6.45, 7) is 0. The molecule has 4 aromatic heterocycles. The highest BCUT2D eigenvalue weighted by molar-refractivity contribution is 7.25. The highest BCUT2D eigenvalue weighted by atomic mass is 32.1. The molecule has 0 aliphatic carbocycles. The summed E-state index contributed by atoms with van der Waals surface area (Å²) in [6.07, 6.45) is 5.64. The number of thiophene rings is 1. The van der Waals surface area contributed by atoms with Crippen molar-refractivity contribution >= 4 is 42.4 Å². The number of hydrogen-bond donors (Lipinski definition) is 0. The number of hydrogen-bond acceptors (Lipinski definition) is 4. The molecule has 0 radical (unpaired) electrons. The quantitative estimate of drug-likeness (QED) is 0.434. The minimum absolute atomic E-state index is 0.898. The van der Waals surface area contributed by atoms with E-state index in [1.807, 2.05) is 36.8 Å². The van der Waals surface area contributed by atoms with E-state index in [1.165, 1.54) is 14.8 Å². The molecule has 0 saturated heterocycles. The van der Waals surface area contributed by atoms with E-state index in [1.54, 1.807) is 11.3 Å². The zero-order valence-electron chi connectivity index (χ0n) is 12.1. The third kappa shape index (κ3) is 1.99. The topological polar surface area (TPSA) is 38.7 Å². The number of pyridine rings is 3. The van der Waals surface area contributed by atoms with Crippen molar-refractivity contribution in [3.8, 4) is 11.4 Å². The molecule has 1 aromatic carbocycles. The van der Waals surface area contributed by atoms with Gasteiger partial charge in [-0.05, 0) is 29.7 Å². The van der Waals surface area contributed by atoms with Gasteiger partial charge < -0.3 is 0 Å². The Morgan fingerprint density at radius 1 is 0.696 bits per heavy atom. The fraction of sp³-hybridized carbons (Fsp3) is 0. The van der Waals surface area contributed by atoms with Gasteiger partial charge in [-0.25, -0.2) is 0 Å². The molecule has 5 aromatic rings. The summed E-state index contributed by atoms with van der Waals surface area (Å²) in [5.74, 6) is 0. The maximum Gasteiger partial charge on any atom is 0.0903 e. The van der Waals surface area contributed by atoms with Crippen LogP contribution in [-0.4, -0.2) is 15.0 Å². The number of fused-ring (bicyclic) bond motifs is 4. The van der Waals surface area contributed by atoms with Crippen LogP contribution in [0.1, 0.15) is 0 Å². The third-order valence-electron chi connectivity index (χ3n) is 4.01. The van der Waals surface area contributed by atoms with Crippen molar-refractivity contribution < 1.29 is 0 Å². The Labute approximate surface area is 136 Å². The Morgan fingerprint density at radius 2 is 1.52 bits per heavy atom. The van der Waals surface area contributed by atoms with E-state index in [-0.39, 0.29) is 0 Å². The number of benzene rings is 1. The maximum atomic E-state index is 4.61. The van der Waals surface area contributed by atoms with E-state index >= 15 is 0 Å². The molecule has 5 rings (SSSR count). The highest BCUT2D eigenvalue weighted by Gasteiger charge is 2.09. The first-order valence-corrected chi connectivity index (χ1v) is 8.18. The lowest BCUT2D eigenvalue weighted by Gasteiger charge is -2.02. The second-order valence-electron chi connectivity index (χ2n) is 5.43. The van der Waals surface area contributed by atoms with E-state index in [4.69, 9.17) is 0 Å². The largest absolute Gasteiger partial charge is 0.255 e. The van der Waals surface area contributed by atoms with Crippen LogP contribution in [0.15, 0.2) is 67.1 Å².